The Morgan fingerprint density at radius 3 is 2.59 bits per heavy atom. The number of methoxy groups -OCH3 is 1. The van der Waals surface area contributed by atoms with Gasteiger partial charge in [0.2, 0.25) is 0 Å². The Hall–Kier alpha value is -3.34. The van der Waals surface area contributed by atoms with E-state index in [1.807, 2.05) is 19.1 Å². The number of amides is 1. The van der Waals surface area contributed by atoms with Crippen molar-refractivity contribution in [3.8, 4) is 11.4 Å². The van der Waals surface area contributed by atoms with Gasteiger partial charge in [0, 0.05) is 28.2 Å². The zero-order valence-corrected chi connectivity index (χ0v) is 16.0. The number of rotatable bonds is 5. The molecule has 0 saturated carbocycles. The Morgan fingerprint density at radius 2 is 1.85 bits per heavy atom. The topological polar surface area (TPSA) is 55.6 Å². The summed E-state index contributed by atoms with van der Waals surface area (Å²) in [5.41, 5.74) is 8.56. The lowest BCUT2D eigenvalue weighted by Crippen LogP contribution is -2.17. The first kappa shape index (κ1) is 18.5. The SMILES string of the molecule is COc1cccc(C(=O)N/N=C\c2cc(C)n(-c3ccccc3C)c2C)c1. The van der Waals surface area contributed by atoms with Gasteiger partial charge in [0.05, 0.1) is 13.3 Å². The fourth-order valence-corrected chi connectivity index (χ4v) is 3.09. The molecule has 1 N–H and O–H groups in total. The molecule has 1 heterocycles. The predicted octanol–water partition coefficient (Wildman–Crippen LogP) is 4.18. The van der Waals surface area contributed by atoms with Gasteiger partial charge in [-0.2, -0.15) is 5.10 Å². The van der Waals surface area contributed by atoms with Gasteiger partial charge >= 0.3 is 0 Å². The van der Waals surface area contributed by atoms with Crippen LogP contribution in [0.3, 0.4) is 0 Å². The lowest BCUT2D eigenvalue weighted by molar-refractivity contribution is 0.0955. The van der Waals surface area contributed by atoms with Gasteiger partial charge < -0.3 is 9.30 Å². The molecule has 0 spiro atoms. The van der Waals surface area contributed by atoms with Crippen LogP contribution in [-0.4, -0.2) is 23.8 Å². The van der Waals surface area contributed by atoms with Crippen LogP contribution in [-0.2, 0) is 0 Å². The van der Waals surface area contributed by atoms with Crippen molar-refractivity contribution in [3.05, 3.63) is 82.7 Å². The highest BCUT2D eigenvalue weighted by molar-refractivity contribution is 5.95. The summed E-state index contributed by atoms with van der Waals surface area (Å²) in [6.07, 6.45) is 1.68. The van der Waals surface area contributed by atoms with E-state index >= 15 is 0 Å². The highest BCUT2D eigenvalue weighted by Gasteiger charge is 2.11. The molecular formula is C22H23N3O2. The van der Waals surface area contributed by atoms with Gasteiger partial charge in [-0.25, -0.2) is 5.43 Å². The van der Waals surface area contributed by atoms with Gasteiger partial charge in [0.15, 0.2) is 0 Å². The number of ether oxygens (including phenoxy) is 1. The van der Waals surface area contributed by atoms with E-state index in [1.54, 1.807) is 37.6 Å². The van der Waals surface area contributed by atoms with Gasteiger partial charge in [-0.1, -0.05) is 24.3 Å². The summed E-state index contributed by atoms with van der Waals surface area (Å²) in [6, 6.07) is 17.3. The molecule has 0 aliphatic rings. The third kappa shape index (κ3) is 3.92. The fourth-order valence-electron chi connectivity index (χ4n) is 3.09. The van der Waals surface area contributed by atoms with Gasteiger partial charge in [-0.15, -0.1) is 0 Å². The van der Waals surface area contributed by atoms with Gasteiger partial charge in [0.1, 0.15) is 5.75 Å². The molecule has 0 saturated heterocycles. The second-order valence-corrected chi connectivity index (χ2v) is 6.38. The van der Waals surface area contributed by atoms with Crippen molar-refractivity contribution in [3.63, 3.8) is 0 Å². The molecule has 0 bridgehead atoms. The Kier molecular flexibility index (Phi) is 5.41. The van der Waals surface area contributed by atoms with E-state index in [9.17, 15) is 4.79 Å². The molecule has 2 aromatic carbocycles. The highest BCUT2D eigenvalue weighted by atomic mass is 16.5. The quantitative estimate of drug-likeness (QED) is 0.548. The molecule has 3 aromatic rings. The number of nitrogens with zero attached hydrogens (tertiary/aromatic N) is 2. The highest BCUT2D eigenvalue weighted by Crippen LogP contribution is 2.22. The van der Waals surface area contributed by atoms with Crippen molar-refractivity contribution in [2.45, 2.75) is 20.8 Å². The number of aryl methyl sites for hydroxylation is 2. The lowest BCUT2D eigenvalue weighted by atomic mass is 10.2. The molecule has 5 nitrogen and oxygen atoms in total. The van der Waals surface area contributed by atoms with Crippen molar-refractivity contribution in [2.75, 3.05) is 7.11 Å². The molecule has 0 atom stereocenters. The monoisotopic (exact) mass is 361 g/mol. The molecule has 0 radical (unpaired) electrons. The van der Waals surface area contributed by atoms with Crippen LogP contribution in [0.15, 0.2) is 59.7 Å². The number of carbonyl (C=O) groups excluding carboxylic acids is 1. The summed E-state index contributed by atoms with van der Waals surface area (Å²) < 4.78 is 7.34. The maximum atomic E-state index is 12.2. The Labute approximate surface area is 159 Å². The summed E-state index contributed by atoms with van der Waals surface area (Å²) >= 11 is 0. The normalized spacial score (nSPS) is 11.0. The summed E-state index contributed by atoms with van der Waals surface area (Å²) in [5, 5.41) is 4.13. The molecule has 0 aliphatic heterocycles. The summed E-state index contributed by atoms with van der Waals surface area (Å²) in [7, 11) is 1.57. The third-order valence-electron chi connectivity index (χ3n) is 4.53. The number of aromatic nitrogens is 1. The third-order valence-corrected chi connectivity index (χ3v) is 4.53. The van der Waals surface area contributed by atoms with E-state index < -0.39 is 0 Å². The smallest absolute Gasteiger partial charge is 0.271 e. The maximum absolute atomic E-state index is 12.2. The number of para-hydroxylation sites is 1. The van der Waals surface area contributed by atoms with E-state index in [0.29, 0.717) is 11.3 Å². The average molecular weight is 361 g/mol. The minimum absolute atomic E-state index is 0.280. The average Bonchev–Trinajstić information content (AvgIpc) is 2.95. The van der Waals surface area contributed by atoms with Crippen LogP contribution >= 0.6 is 0 Å². The Balaban J connectivity index is 1.79. The van der Waals surface area contributed by atoms with Gasteiger partial charge in [0.25, 0.3) is 5.91 Å². The van der Waals surface area contributed by atoms with Crippen molar-refractivity contribution in [1.29, 1.82) is 0 Å². The van der Waals surface area contributed by atoms with Crippen LogP contribution < -0.4 is 10.2 Å². The molecule has 3 rings (SSSR count). The first-order valence-electron chi connectivity index (χ1n) is 8.73. The number of benzene rings is 2. The molecule has 0 aliphatic carbocycles. The molecule has 1 aromatic heterocycles. The number of carbonyl (C=O) groups is 1. The number of hydrazone groups is 1. The van der Waals surface area contributed by atoms with E-state index in [-0.39, 0.29) is 5.91 Å². The summed E-state index contributed by atoms with van der Waals surface area (Å²) in [6.45, 7) is 6.20. The summed E-state index contributed by atoms with van der Waals surface area (Å²) in [5.74, 6) is 0.353. The van der Waals surface area contributed by atoms with Crippen LogP contribution in [0.1, 0.15) is 32.9 Å². The van der Waals surface area contributed by atoms with E-state index in [2.05, 4.69) is 47.1 Å². The summed E-state index contributed by atoms with van der Waals surface area (Å²) in [4.78, 5) is 12.2. The van der Waals surface area contributed by atoms with Crippen LogP contribution in [0.4, 0.5) is 0 Å². The van der Waals surface area contributed by atoms with E-state index in [4.69, 9.17) is 4.74 Å². The number of hydrogen-bond donors (Lipinski definition) is 1. The number of nitrogens with one attached hydrogen (secondary N) is 1. The first-order valence-corrected chi connectivity index (χ1v) is 8.73. The Morgan fingerprint density at radius 1 is 1.07 bits per heavy atom. The lowest BCUT2D eigenvalue weighted by Gasteiger charge is -2.12. The molecule has 0 unspecified atom stereocenters. The maximum Gasteiger partial charge on any atom is 0.271 e. The second kappa shape index (κ2) is 7.91. The minimum atomic E-state index is -0.280. The molecule has 27 heavy (non-hydrogen) atoms. The zero-order valence-electron chi connectivity index (χ0n) is 16.0. The standard InChI is InChI=1S/C22H23N3O2/c1-15-8-5-6-11-21(15)25-16(2)12-19(17(25)3)14-23-24-22(26)18-9-7-10-20(13-18)27-4/h5-14H,1-4H3,(H,24,26)/b23-14-. The first-order chi connectivity index (χ1) is 13.0. The van der Waals surface area contributed by atoms with Gasteiger partial charge in [-0.05, 0) is 56.7 Å². The second-order valence-electron chi connectivity index (χ2n) is 6.38. The van der Waals surface area contributed by atoms with Crippen LogP contribution in [0, 0.1) is 20.8 Å². The van der Waals surface area contributed by atoms with Crippen molar-refractivity contribution in [1.82, 2.24) is 9.99 Å². The fraction of sp³-hybridized carbons (Fsp3) is 0.182. The van der Waals surface area contributed by atoms with Crippen molar-refractivity contribution >= 4 is 12.1 Å². The van der Waals surface area contributed by atoms with Crippen LogP contribution in [0.5, 0.6) is 5.75 Å². The number of hydrogen-bond acceptors (Lipinski definition) is 3. The van der Waals surface area contributed by atoms with Crippen LogP contribution in [0.25, 0.3) is 5.69 Å². The predicted molar refractivity (Wildman–Crippen MR) is 108 cm³/mol. The molecule has 5 heteroatoms. The molecular weight excluding hydrogens is 338 g/mol. The molecule has 1 amide bonds. The van der Waals surface area contributed by atoms with Crippen LogP contribution in [0.2, 0.25) is 0 Å². The van der Waals surface area contributed by atoms with Gasteiger partial charge in [-0.3, -0.25) is 4.79 Å². The largest absolute Gasteiger partial charge is 0.497 e. The zero-order chi connectivity index (χ0) is 19.4. The van der Waals surface area contributed by atoms with Crippen molar-refractivity contribution < 1.29 is 9.53 Å². The van der Waals surface area contributed by atoms with E-state index in [0.717, 1.165) is 22.6 Å². The van der Waals surface area contributed by atoms with E-state index in [1.165, 1.54) is 5.56 Å². The molecule has 0 fully saturated rings. The Bertz CT molecular complexity index is 1000. The van der Waals surface area contributed by atoms with Crippen molar-refractivity contribution in [2.24, 2.45) is 5.10 Å². The molecule has 138 valence electrons. The minimum Gasteiger partial charge on any atom is -0.497 e.